The number of fused-ring (bicyclic) bond motifs is 1. The molecule has 1 saturated heterocycles. The summed E-state index contributed by atoms with van der Waals surface area (Å²) in [7, 11) is 0. The van der Waals surface area contributed by atoms with Crippen molar-refractivity contribution in [3.8, 4) is 5.75 Å². The number of aliphatic hydroxyl groups is 1. The third kappa shape index (κ3) is 4.42. The fraction of sp³-hybridized carbons (Fsp3) is 0.412. The molecule has 9 heteroatoms. The Morgan fingerprint density at radius 1 is 1.46 bits per heavy atom. The van der Waals surface area contributed by atoms with Gasteiger partial charge in [0.15, 0.2) is 5.58 Å². The molecule has 0 bridgehead atoms. The second-order valence-corrected chi connectivity index (χ2v) is 6.06. The lowest BCUT2D eigenvalue weighted by molar-refractivity contribution is 0.144. The van der Waals surface area contributed by atoms with Crippen LogP contribution in [0.4, 0.5) is 15.2 Å². The van der Waals surface area contributed by atoms with Crippen LogP contribution in [0.3, 0.4) is 0 Å². The number of oxazole rings is 1. The van der Waals surface area contributed by atoms with E-state index in [1.165, 1.54) is 0 Å². The van der Waals surface area contributed by atoms with Crippen molar-refractivity contribution in [1.82, 2.24) is 10.3 Å². The number of carboxylic acid groups (broad SMARTS) is 1. The monoisotopic (exact) mass is 365 g/mol. The first-order valence-electron chi connectivity index (χ1n) is 8.26. The molecule has 1 aliphatic rings. The summed E-state index contributed by atoms with van der Waals surface area (Å²) >= 11 is 0. The molecule has 3 N–H and O–H groups in total. The van der Waals surface area contributed by atoms with E-state index in [0.717, 1.165) is 0 Å². The van der Waals surface area contributed by atoms with Crippen molar-refractivity contribution in [2.24, 2.45) is 0 Å². The van der Waals surface area contributed by atoms with Crippen molar-refractivity contribution in [3.05, 3.63) is 30.1 Å². The number of anilines is 1. The first kappa shape index (κ1) is 18.0. The van der Waals surface area contributed by atoms with Crippen molar-refractivity contribution >= 4 is 23.2 Å². The van der Waals surface area contributed by atoms with Gasteiger partial charge in [0.2, 0.25) is 0 Å². The molecule has 2 heterocycles. The zero-order valence-corrected chi connectivity index (χ0v) is 14.0. The van der Waals surface area contributed by atoms with Crippen LogP contribution in [0.5, 0.6) is 5.75 Å². The molecule has 0 unspecified atom stereocenters. The summed E-state index contributed by atoms with van der Waals surface area (Å²) in [5.74, 6) is 0.462. The highest BCUT2D eigenvalue weighted by Crippen LogP contribution is 2.27. The predicted molar refractivity (Wildman–Crippen MR) is 92.2 cm³/mol. The van der Waals surface area contributed by atoms with E-state index in [-0.39, 0.29) is 24.8 Å². The molecule has 0 saturated carbocycles. The first-order valence-corrected chi connectivity index (χ1v) is 8.26. The third-order valence-corrected chi connectivity index (χ3v) is 4.13. The van der Waals surface area contributed by atoms with Gasteiger partial charge < -0.3 is 29.6 Å². The Hall–Kier alpha value is -2.81. The Morgan fingerprint density at radius 2 is 2.23 bits per heavy atom. The van der Waals surface area contributed by atoms with E-state index in [9.17, 15) is 14.3 Å². The van der Waals surface area contributed by atoms with Gasteiger partial charge in [-0.05, 0) is 25.0 Å². The number of hydrogen-bond donors (Lipinski definition) is 3. The average molecular weight is 365 g/mol. The van der Waals surface area contributed by atoms with Crippen LogP contribution in [0.1, 0.15) is 12.8 Å². The van der Waals surface area contributed by atoms with E-state index in [2.05, 4.69) is 10.3 Å². The van der Waals surface area contributed by atoms with Crippen LogP contribution in [-0.4, -0.2) is 53.6 Å². The van der Waals surface area contributed by atoms with Gasteiger partial charge in [0.25, 0.3) is 6.01 Å². The number of nitrogens with one attached hydrogen (secondary N) is 1. The van der Waals surface area contributed by atoms with Gasteiger partial charge in [0.05, 0.1) is 12.4 Å². The van der Waals surface area contributed by atoms with Crippen LogP contribution >= 0.6 is 0 Å². The molecular weight excluding hydrogens is 345 g/mol. The molecule has 0 spiro atoms. The van der Waals surface area contributed by atoms with Crippen LogP contribution in [0.15, 0.2) is 34.5 Å². The Balaban J connectivity index is 1.64. The van der Waals surface area contributed by atoms with Gasteiger partial charge in [-0.25, -0.2) is 9.18 Å². The van der Waals surface area contributed by atoms with Crippen molar-refractivity contribution in [1.29, 1.82) is 0 Å². The van der Waals surface area contributed by atoms with Gasteiger partial charge in [-0.3, -0.25) is 0 Å². The van der Waals surface area contributed by atoms with Gasteiger partial charge >= 0.3 is 6.09 Å². The maximum Gasteiger partial charge on any atom is 0.404 e. The van der Waals surface area contributed by atoms with E-state index in [4.69, 9.17) is 14.3 Å². The Bertz CT molecular complexity index is 799. The van der Waals surface area contributed by atoms with Gasteiger partial charge in [0.1, 0.15) is 17.9 Å². The van der Waals surface area contributed by atoms with Crippen molar-refractivity contribution in [2.75, 3.05) is 31.1 Å². The van der Waals surface area contributed by atoms with Crippen molar-refractivity contribution in [2.45, 2.75) is 18.9 Å². The maximum atomic E-state index is 12.8. The molecule has 2 aromatic rings. The van der Waals surface area contributed by atoms with Gasteiger partial charge in [-0.2, -0.15) is 4.98 Å². The Labute approximate surface area is 148 Å². The zero-order valence-electron chi connectivity index (χ0n) is 14.0. The lowest BCUT2D eigenvalue weighted by Crippen LogP contribution is -2.35. The van der Waals surface area contributed by atoms with E-state index in [0.29, 0.717) is 55.1 Å². The maximum absolute atomic E-state index is 12.8. The molecule has 1 aromatic heterocycles. The number of benzene rings is 1. The number of ether oxygens (including phenoxy) is 1. The zero-order chi connectivity index (χ0) is 18.5. The highest BCUT2D eigenvalue weighted by molar-refractivity contribution is 5.76. The SMILES string of the molecule is O=C(O)NC/C(=C/F)COc1ccc2nc(N3CCC(O)CC3)oc2c1. The summed E-state index contributed by atoms with van der Waals surface area (Å²) in [6, 6.07) is 5.59. The number of hydrogen-bond acceptors (Lipinski definition) is 6. The predicted octanol–water partition coefficient (Wildman–Crippen LogP) is 2.29. The largest absolute Gasteiger partial charge is 0.489 e. The lowest BCUT2D eigenvalue weighted by Gasteiger charge is -2.27. The number of aromatic nitrogens is 1. The van der Waals surface area contributed by atoms with Crippen LogP contribution < -0.4 is 15.0 Å². The topological polar surface area (TPSA) is 108 Å². The van der Waals surface area contributed by atoms with Gasteiger partial charge in [-0.15, -0.1) is 0 Å². The summed E-state index contributed by atoms with van der Waals surface area (Å²) < 4.78 is 24.0. The second kappa shape index (κ2) is 8.05. The van der Waals surface area contributed by atoms with E-state index >= 15 is 0 Å². The average Bonchev–Trinajstić information content (AvgIpc) is 3.05. The highest BCUT2D eigenvalue weighted by atomic mass is 19.1. The molecule has 1 fully saturated rings. The Kier molecular flexibility index (Phi) is 5.57. The van der Waals surface area contributed by atoms with Crippen molar-refractivity contribution < 1.29 is 28.6 Å². The molecule has 0 atom stereocenters. The number of rotatable bonds is 6. The molecule has 1 aliphatic heterocycles. The molecule has 8 nitrogen and oxygen atoms in total. The molecule has 140 valence electrons. The number of carbonyl (C=O) groups is 1. The fourth-order valence-corrected chi connectivity index (χ4v) is 2.66. The number of nitrogens with zero attached hydrogens (tertiary/aromatic N) is 2. The summed E-state index contributed by atoms with van der Waals surface area (Å²) in [4.78, 5) is 16.9. The van der Waals surface area contributed by atoms with E-state index < -0.39 is 6.09 Å². The number of aliphatic hydroxyl groups excluding tert-OH is 1. The Morgan fingerprint density at radius 3 is 2.92 bits per heavy atom. The highest BCUT2D eigenvalue weighted by Gasteiger charge is 2.21. The second-order valence-electron chi connectivity index (χ2n) is 6.06. The van der Waals surface area contributed by atoms with Crippen molar-refractivity contribution in [3.63, 3.8) is 0 Å². The number of halogens is 1. The van der Waals surface area contributed by atoms with Crippen LogP contribution in [-0.2, 0) is 0 Å². The molecule has 1 aromatic carbocycles. The molecular formula is C17H20FN3O5. The van der Waals surface area contributed by atoms with Gasteiger partial charge in [0, 0.05) is 31.3 Å². The third-order valence-electron chi connectivity index (χ3n) is 4.13. The summed E-state index contributed by atoms with van der Waals surface area (Å²) in [6.07, 6.45) is 0.173. The van der Waals surface area contributed by atoms with Crippen LogP contribution in [0, 0.1) is 0 Å². The quantitative estimate of drug-likeness (QED) is 0.721. The molecule has 26 heavy (non-hydrogen) atoms. The first-order chi connectivity index (χ1) is 12.5. The van der Waals surface area contributed by atoms with Crippen LogP contribution in [0.2, 0.25) is 0 Å². The lowest BCUT2D eigenvalue weighted by atomic mass is 10.1. The van der Waals surface area contributed by atoms with E-state index in [1.807, 2.05) is 4.90 Å². The molecule has 3 rings (SSSR count). The minimum atomic E-state index is -1.23. The molecule has 1 amide bonds. The minimum Gasteiger partial charge on any atom is -0.489 e. The summed E-state index contributed by atoms with van der Waals surface area (Å²) in [5.41, 5.74) is 1.38. The summed E-state index contributed by atoms with van der Waals surface area (Å²) in [6.45, 7) is 1.12. The smallest absolute Gasteiger partial charge is 0.404 e. The number of piperidine rings is 1. The van der Waals surface area contributed by atoms with E-state index in [1.54, 1.807) is 18.2 Å². The summed E-state index contributed by atoms with van der Waals surface area (Å²) in [5, 5.41) is 20.2. The van der Waals surface area contributed by atoms with Gasteiger partial charge in [-0.1, -0.05) is 0 Å². The van der Waals surface area contributed by atoms with Crippen LogP contribution in [0.25, 0.3) is 11.1 Å². The normalized spacial score (nSPS) is 16.1. The minimum absolute atomic E-state index is 0.0900. The molecule has 0 radical (unpaired) electrons. The standard InChI is InChI=1S/C17H20FN3O5/c18-8-11(9-19-17(23)24)10-25-13-1-2-14-15(7-13)26-16(20-14)21-5-3-12(22)4-6-21/h1-2,7-8,12,19,22H,3-6,9-10H2,(H,23,24)/b11-8-. The number of amides is 1. The molecule has 0 aliphatic carbocycles. The fourth-order valence-electron chi connectivity index (χ4n) is 2.66.